The van der Waals surface area contributed by atoms with Gasteiger partial charge in [0.2, 0.25) is 5.91 Å². The first-order chi connectivity index (χ1) is 13.7. The monoisotopic (exact) mass is 407 g/mol. The number of hydrogen-bond acceptors (Lipinski definition) is 5. The smallest absolute Gasteiger partial charge is 0.275 e. The lowest BCUT2D eigenvalue weighted by molar-refractivity contribution is -0.117. The van der Waals surface area contributed by atoms with E-state index in [2.05, 4.69) is 10.4 Å². The van der Waals surface area contributed by atoms with Gasteiger partial charge in [-0.3, -0.25) is 9.59 Å². The quantitative estimate of drug-likeness (QED) is 0.495. The van der Waals surface area contributed by atoms with E-state index in [1.165, 1.54) is 4.68 Å². The Bertz CT molecular complexity index is 1200. The molecule has 0 unspecified atom stereocenters. The number of hydrogen-bond donors (Lipinski definition) is 1. The zero-order chi connectivity index (χ0) is 19.5. The number of aromatic nitrogens is 2. The molecule has 0 atom stereocenters. The minimum atomic E-state index is -0.291. The van der Waals surface area contributed by atoms with Crippen molar-refractivity contribution >= 4 is 45.5 Å². The molecule has 0 bridgehead atoms. The number of benzene rings is 2. The van der Waals surface area contributed by atoms with Crippen LogP contribution in [0, 0.1) is 0 Å². The van der Waals surface area contributed by atoms with Crippen molar-refractivity contribution in [3.05, 3.63) is 76.4 Å². The van der Waals surface area contributed by atoms with Crippen molar-refractivity contribution in [1.29, 1.82) is 0 Å². The predicted octanol–water partition coefficient (Wildman–Crippen LogP) is 4.49. The third-order valence-electron chi connectivity index (χ3n) is 4.27. The second kappa shape index (κ2) is 8.00. The van der Waals surface area contributed by atoms with E-state index in [-0.39, 0.29) is 18.0 Å². The van der Waals surface area contributed by atoms with E-state index in [4.69, 9.17) is 0 Å². The molecule has 140 valence electrons. The van der Waals surface area contributed by atoms with Crippen molar-refractivity contribution in [3.63, 3.8) is 0 Å². The fourth-order valence-corrected chi connectivity index (χ4v) is 4.16. The summed E-state index contributed by atoms with van der Waals surface area (Å²) in [5, 5.41) is 10.7. The van der Waals surface area contributed by atoms with Gasteiger partial charge in [-0.2, -0.15) is 5.10 Å². The largest absolute Gasteiger partial charge is 0.324 e. The van der Waals surface area contributed by atoms with Gasteiger partial charge in [-0.15, -0.1) is 23.1 Å². The van der Waals surface area contributed by atoms with Crippen LogP contribution in [0.5, 0.6) is 0 Å². The highest BCUT2D eigenvalue weighted by atomic mass is 32.2. The number of carbonyl (C=O) groups excluding carboxylic acids is 1. The first-order valence-corrected chi connectivity index (χ1v) is 10.7. The molecular formula is C21H17N3O2S2. The van der Waals surface area contributed by atoms with Gasteiger partial charge in [0, 0.05) is 16.0 Å². The summed E-state index contributed by atoms with van der Waals surface area (Å²) < 4.78 is 1.24. The fourth-order valence-electron chi connectivity index (χ4n) is 2.97. The molecule has 4 rings (SSSR count). The number of amides is 1. The van der Waals surface area contributed by atoms with E-state index >= 15 is 0 Å². The molecule has 0 radical (unpaired) electrons. The Morgan fingerprint density at radius 2 is 1.93 bits per heavy atom. The van der Waals surface area contributed by atoms with Gasteiger partial charge in [-0.05, 0) is 42.0 Å². The molecule has 2 aromatic heterocycles. The maximum atomic E-state index is 12.9. The fraction of sp³-hybridized carbons (Fsp3) is 0.0952. The second-order valence-corrected chi connectivity index (χ2v) is 7.94. The van der Waals surface area contributed by atoms with Crippen LogP contribution in [0.1, 0.15) is 0 Å². The maximum Gasteiger partial charge on any atom is 0.275 e. The van der Waals surface area contributed by atoms with Crippen molar-refractivity contribution in [1.82, 2.24) is 9.78 Å². The van der Waals surface area contributed by atoms with Crippen LogP contribution in [0.15, 0.2) is 75.7 Å². The topological polar surface area (TPSA) is 64.0 Å². The molecule has 1 amide bonds. The zero-order valence-electron chi connectivity index (χ0n) is 15.1. The standard InChI is InChI=1S/C21H17N3O2S2/c1-27-15-7-4-6-14(12-15)22-19(25)13-24-21(26)17-9-3-2-8-16(17)20(23-24)18-10-5-11-28-18/h2-12H,13H2,1H3,(H,22,25). The van der Waals surface area contributed by atoms with E-state index < -0.39 is 0 Å². The van der Waals surface area contributed by atoms with Gasteiger partial charge in [0.05, 0.1) is 10.3 Å². The van der Waals surface area contributed by atoms with Crippen molar-refractivity contribution in [3.8, 4) is 10.6 Å². The average molecular weight is 408 g/mol. The number of nitrogens with one attached hydrogen (secondary N) is 1. The molecule has 2 heterocycles. The van der Waals surface area contributed by atoms with Crippen LogP contribution in [-0.2, 0) is 11.3 Å². The van der Waals surface area contributed by atoms with Crippen LogP contribution in [0.2, 0.25) is 0 Å². The van der Waals surface area contributed by atoms with Gasteiger partial charge >= 0.3 is 0 Å². The van der Waals surface area contributed by atoms with E-state index in [9.17, 15) is 9.59 Å². The Labute approximate surface area is 170 Å². The summed E-state index contributed by atoms with van der Waals surface area (Å²) in [7, 11) is 0. The summed E-state index contributed by atoms with van der Waals surface area (Å²) in [6, 6.07) is 18.8. The molecule has 0 fully saturated rings. The van der Waals surface area contributed by atoms with Gasteiger partial charge in [-0.1, -0.05) is 30.3 Å². The number of carbonyl (C=O) groups is 1. The summed E-state index contributed by atoms with van der Waals surface area (Å²) in [5.74, 6) is -0.291. The van der Waals surface area contributed by atoms with E-state index in [0.29, 0.717) is 16.8 Å². The highest BCUT2D eigenvalue weighted by Gasteiger charge is 2.15. The van der Waals surface area contributed by atoms with Gasteiger partial charge in [0.15, 0.2) is 0 Å². The third kappa shape index (κ3) is 3.72. The Hall–Kier alpha value is -2.90. The Morgan fingerprint density at radius 3 is 2.68 bits per heavy atom. The number of nitrogens with zero attached hydrogens (tertiary/aromatic N) is 2. The van der Waals surface area contributed by atoms with Crippen LogP contribution in [0.4, 0.5) is 5.69 Å². The first kappa shape index (κ1) is 18.5. The summed E-state index contributed by atoms with van der Waals surface area (Å²) >= 11 is 3.15. The Kier molecular flexibility index (Phi) is 5.27. The molecule has 4 aromatic rings. The van der Waals surface area contributed by atoms with Gasteiger partial charge in [0.1, 0.15) is 12.2 Å². The normalized spacial score (nSPS) is 10.9. The SMILES string of the molecule is CSc1cccc(NC(=O)Cn2nc(-c3cccs3)c3ccccc3c2=O)c1. The summed E-state index contributed by atoms with van der Waals surface area (Å²) in [6.45, 7) is -0.147. The lowest BCUT2D eigenvalue weighted by Gasteiger charge is -2.11. The number of thioether (sulfide) groups is 1. The van der Waals surface area contributed by atoms with Crippen LogP contribution >= 0.6 is 23.1 Å². The Balaban J connectivity index is 1.69. The number of rotatable bonds is 5. The van der Waals surface area contributed by atoms with Gasteiger partial charge < -0.3 is 5.32 Å². The Morgan fingerprint density at radius 1 is 1.11 bits per heavy atom. The molecule has 0 saturated carbocycles. The average Bonchev–Trinajstić information content (AvgIpc) is 3.25. The van der Waals surface area contributed by atoms with Crippen molar-refractivity contribution in [2.75, 3.05) is 11.6 Å². The molecule has 28 heavy (non-hydrogen) atoms. The van der Waals surface area contributed by atoms with Gasteiger partial charge in [0.25, 0.3) is 5.56 Å². The van der Waals surface area contributed by atoms with Crippen LogP contribution in [-0.4, -0.2) is 21.9 Å². The molecule has 5 nitrogen and oxygen atoms in total. The second-order valence-electron chi connectivity index (χ2n) is 6.11. The van der Waals surface area contributed by atoms with Crippen molar-refractivity contribution in [2.24, 2.45) is 0 Å². The predicted molar refractivity (Wildman–Crippen MR) is 116 cm³/mol. The molecule has 0 aliphatic carbocycles. The molecular weight excluding hydrogens is 390 g/mol. The minimum Gasteiger partial charge on any atom is -0.324 e. The summed E-state index contributed by atoms with van der Waals surface area (Å²) in [6.07, 6.45) is 1.98. The van der Waals surface area contributed by atoms with Crippen LogP contribution in [0.25, 0.3) is 21.3 Å². The number of anilines is 1. The van der Waals surface area contributed by atoms with Crippen LogP contribution < -0.4 is 10.9 Å². The highest BCUT2D eigenvalue weighted by molar-refractivity contribution is 7.98. The van der Waals surface area contributed by atoms with E-state index in [0.717, 1.165) is 15.2 Å². The molecule has 2 aromatic carbocycles. The maximum absolute atomic E-state index is 12.9. The van der Waals surface area contributed by atoms with Crippen molar-refractivity contribution in [2.45, 2.75) is 11.4 Å². The third-order valence-corrected chi connectivity index (χ3v) is 5.87. The highest BCUT2D eigenvalue weighted by Crippen LogP contribution is 2.28. The molecule has 0 aliphatic rings. The molecule has 1 N–H and O–H groups in total. The summed E-state index contributed by atoms with van der Waals surface area (Å²) in [4.78, 5) is 27.4. The van der Waals surface area contributed by atoms with E-state index in [1.807, 2.05) is 66.2 Å². The molecule has 0 saturated heterocycles. The van der Waals surface area contributed by atoms with Crippen LogP contribution in [0.3, 0.4) is 0 Å². The number of fused-ring (bicyclic) bond motifs is 1. The number of thiophene rings is 1. The molecule has 0 spiro atoms. The summed E-state index contributed by atoms with van der Waals surface area (Å²) in [5.41, 5.74) is 1.13. The van der Waals surface area contributed by atoms with E-state index in [1.54, 1.807) is 29.2 Å². The van der Waals surface area contributed by atoms with Crippen molar-refractivity contribution < 1.29 is 4.79 Å². The van der Waals surface area contributed by atoms with Gasteiger partial charge in [-0.25, -0.2) is 4.68 Å². The lowest BCUT2D eigenvalue weighted by atomic mass is 10.1. The molecule has 7 heteroatoms. The zero-order valence-corrected chi connectivity index (χ0v) is 16.7. The molecule has 0 aliphatic heterocycles. The lowest BCUT2D eigenvalue weighted by Crippen LogP contribution is -2.30. The minimum absolute atomic E-state index is 0.147. The first-order valence-electron chi connectivity index (χ1n) is 8.63.